The van der Waals surface area contributed by atoms with Crippen LogP contribution in [0.3, 0.4) is 0 Å². The van der Waals surface area contributed by atoms with Crippen LogP contribution in [0.5, 0.6) is 0 Å². The van der Waals surface area contributed by atoms with Gasteiger partial charge in [-0.15, -0.1) is 16.8 Å². The molecule has 1 heterocycles. The van der Waals surface area contributed by atoms with Crippen LogP contribution < -0.4 is 0 Å². The third kappa shape index (κ3) is 5.49. The second-order valence-electron chi connectivity index (χ2n) is 6.74. The fraction of sp³-hybridized carbons (Fsp3) is 0.227. The number of aryl methyl sites for hydroxylation is 1. The van der Waals surface area contributed by atoms with Crippen molar-refractivity contribution in [2.24, 2.45) is 0 Å². The highest BCUT2D eigenvalue weighted by Gasteiger charge is 2.16. The lowest BCUT2D eigenvalue weighted by atomic mass is 10.1. The van der Waals surface area contributed by atoms with E-state index in [2.05, 4.69) is 28.9 Å². The van der Waals surface area contributed by atoms with Crippen molar-refractivity contribution >= 4 is 29.3 Å². The molecule has 150 valence electrons. The average Bonchev–Trinajstić information content (AvgIpc) is 3.11. The number of halogens is 1. The van der Waals surface area contributed by atoms with Crippen LogP contribution >= 0.6 is 23.4 Å². The largest absolute Gasteiger partial charge is 0.341 e. The molecule has 0 aliphatic carbocycles. The molecule has 0 saturated heterocycles. The first-order valence-corrected chi connectivity index (χ1v) is 10.6. The molecule has 2 aromatic carbocycles. The van der Waals surface area contributed by atoms with Crippen molar-refractivity contribution in [3.63, 3.8) is 0 Å². The molecule has 0 fully saturated rings. The van der Waals surface area contributed by atoms with Crippen molar-refractivity contribution in [2.75, 3.05) is 12.8 Å². The molecule has 5 nitrogen and oxygen atoms in total. The van der Waals surface area contributed by atoms with E-state index in [9.17, 15) is 4.79 Å². The summed E-state index contributed by atoms with van der Waals surface area (Å²) in [5, 5.41) is 9.95. The van der Waals surface area contributed by atoms with E-state index in [1.165, 1.54) is 17.3 Å². The van der Waals surface area contributed by atoms with Crippen molar-refractivity contribution in [3.8, 4) is 11.4 Å². The van der Waals surface area contributed by atoms with Gasteiger partial charge in [-0.05, 0) is 36.8 Å². The van der Waals surface area contributed by atoms with Gasteiger partial charge in [0.15, 0.2) is 11.0 Å². The second kappa shape index (κ2) is 9.76. The molecular formula is C22H23ClN4OS. The van der Waals surface area contributed by atoms with Crippen LogP contribution in [0.1, 0.15) is 11.1 Å². The predicted octanol–water partition coefficient (Wildman–Crippen LogP) is 4.84. The van der Waals surface area contributed by atoms with Crippen LogP contribution in [0.15, 0.2) is 66.3 Å². The van der Waals surface area contributed by atoms with Crippen molar-refractivity contribution < 1.29 is 4.79 Å². The van der Waals surface area contributed by atoms with Crippen LogP contribution in [0, 0.1) is 6.92 Å². The van der Waals surface area contributed by atoms with E-state index in [4.69, 9.17) is 11.6 Å². The Morgan fingerprint density at radius 3 is 2.52 bits per heavy atom. The first-order valence-electron chi connectivity index (χ1n) is 9.20. The molecule has 3 rings (SSSR count). The number of amides is 1. The molecule has 0 aliphatic rings. The van der Waals surface area contributed by atoms with Gasteiger partial charge >= 0.3 is 0 Å². The number of benzene rings is 2. The van der Waals surface area contributed by atoms with Crippen LogP contribution in [0.4, 0.5) is 0 Å². The summed E-state index contributed by atoms with van der Waals surface area (Å²) in [4.78, 5) is 14.3. The van der Waals surface area contributed by atoms with Crippen LogP contribution in [0.2, 0.25) is 5.02 Å². The van der Waals surface area contributed by atoms with Gasteiger partial charge in [0.2, 0.25) is 5.91 Å². The summed E-state index contributed by atoms with van der Waals surface area (Å²) < 4.78 is 1.95. The van der Waals surface area contributed by atoms with Gasteiger partial charge in [-0.1, -0.05) is 59.3 Å². The van der Waals surface area contributed by atoms with E-state index in [1.54, 1.807) is 11.0 Å². The van der Waals surface area contributed by atoms with E-state index >= 15 is 0 Å². The Hall–Kier alpha value is -2.57. The number of allylic oxidation sites excluding steroid dienone is 1. The van der Waals surface area contributed by atoms with Crippen molar-refractivity contribution in [1.82, 2.24) is 19.7 Å². The molecule has 0 saturated carbocycles. The minimum absolute atomic E-state index is 0.0387. The van der Waals surface area contributed by atoms with E-state index in [0.29, 0.717) is 23.3 Å². The summed E-state index contributed by atoms with van der Waals surface area (Å²) in [6.07, 6.45) is 1.79. The predicted molar refractivity (Wildman–Crippen MR) is 119 cm³/mol. The molecular weight excluding hydrogens is 404 g/mol. The van der Waals surface area contributed by atoms with Crippen molar-refractivity contribution in [3.05, 3.63) is 77.3 Å². The molecule has 0 bridgehead atoms. The van der Waals surface area contributed by atoms with Gasteiger partial charge in [-0.2, -0.15) is 0 Å². The van der Waals surface area contributed by atoms with E-state index in [0.717, 1.165) is 17.0 Å². The molecule has 7 heteroatoms. The summed E-state index contributed by atoms with van der Waals surface area (Å²) in [6, 6.07) is 15.6. The number of hydrogen-bond donors (Lipinski definition) is 0. The molecule has 0 atom stereocenters. The Kier molecular flexibility index (Phi) is 7.12. The van der Waals surface area contributed by atoms with Crippen LogP contribution in [-0.4, -0.2) is 38.4 Å². The van der Waals surface area contributed by atoms with Crippen molar-refractivity contribution in [2.45, 2.75) is 25.2 Å². The third-order valence-corrected chi connectivity index (χ3v) is 5.63. The van der Waals surface area contributed by atoms with Gasteiger partial charge in [-0.3, -0.25) is 9.36 Å². The zero-order valence-electron chi connectivity index (χ0n) is 16.5. The van der Waals surface area contributed by atoms with Gasteiger partial charge < -0.3 is 4.90 Å². The molecule has 29 heavy (non-hydrogen) atoms. The van der Waals surface area contributed by atoms with Crippen molar-refractivity contribution in [1.29, 1.82) is 0 Å². The van der Waals surface area contributed by atoms with Gasteiger partial charge in [0.1, 0.15) is 0 Å². The summed E-state index contributed by atoms with van der Waals surface area (Å²) in [6.45, 7) is 7.00. The zero-order valence-corrected chi connectivity index (χ0v) is 18.1. The maximum atomic E-state index is 12.6. The number of nitrogens with zero attached hydrogens (tertiary/aromatic N) is 4. The summed E-state index contributed by atoms with van der Waals surface area (Å²) in [5.74, 6) is 1.06. The van der Waals surface area contributed by atoms with Gasteiger partial charge in [-0.25, -0.2) is 0 Å². The van der Waals surface area contributed by atoms with Crippen LogP contribution in [0.25, 0.3) is 11.4 Å². The highest BCUT2D eigenvalue weighted by molar-refractivity contribution is 7.99. The lowest BCUT2D eigenvalue weighted by Gasteiger charge is -2.17. The van der Waals surface area contributed by atoms with Gasteiger partial charge in [0.25, 0.3) is 0 Å². The number of rotatable bonds is 8. The van der Waals surface area contributed by atoms with E-state index in [-0.39, 0.29) is 11.7 Å². The SMILES string of the molecule is C=CCn1c(SCC(=O)N(C)Cc2ccc(C)cc2)nnc1-c1ccc(Cl)cc1. The Labute approximate surface area is 180 Å². The lowest BCUT2D eigenvalue weighted by molar-refractivity contribution is -0.127. The first-order chi connectivity index (χ1) is 14.0. The first kappa shape index (κ1) is 21.1. The summed E-state index contributed by atoms with van der Waals surface area (Å²) in [5.41, 5.74) is 3.23. The topological polar surface area (TPSA) is 51.0 Å². The number of hydrogen-bond acceptors (Lipinski definition) is 4. The molecule has 0 N–H and O–H groups in total. The maximum absolute atomic E-state index is 12.6. The second-order valence-corrected chi connectivity index (χ2v) is 8.12. The fourth-order valence-corrected chi connectivity index (χ4v) is 3.81. The van der Waals surface area contributed by atoms with E-state index in [1.807, 2.05) is 54.9 Å². The number of aromatic nitrogens is 3. The maximum Gasteiger partial charge on any atom is 0.233 e. The minimum atomic E-state index is 0.0387. The average molecular weight is 427 g/mol. The fourth-order valence-electron chi connectivity index (χ4n) is 2.79. The Balaban J connectivity index is 1.67. The molecule has 0 spiro atoms. The molecule has 3 aromatic rings. The normalized spacial score (nSPS) is 10.7. The minimum Gasteiger partial charge on any atom is -0.341 e. The number of thioether (sulfide) groups is 1. The third-order valence-electron chi connectivity index (χ3n) is 4.42. The summed E-state index contributed by atoms with van der Waals surface area (Å²) >= 11 is 7.36. The van der Waals surface area contributed by atoms with Gasteiger partial charge in [0.05, 0.1) is 5.75 Å². The van der Waals surface area contributed by atoms with E-state index < -0.39 is 0 Å². The Morgan fingerprint density at radius 2 is 1.86 bits per heavy atom. The standard InChI is InChI=1S/C22H23ClN4OS/c1-4-13-27-21(18-9-11-19(23)12-10-18)24-25-22(27)29-15-20(28)26(3)14-17-7-5-16(2)6-8-17/h4-12H,1,13-15H2,2-3H3. The quantitative estimate of drug-likeness (QED) is 0.382. The highest BCUT2D eigenvalue weighted by Crippen LogP contribution is 2.25. The molecule has 0 radical (unpaired) electrons. The molecule has 0 unspecified atom stereocenters. The highest BCUT2D eigenvalue weighted by atomic mass is 35.5. The monoisotopic (exact) mass is 426 g/mol. The zero-order chi connectivity index (χ0) is 20.8. The number of carbonyl (C=O) groups excluding carboxylic acids is 1. The van der Waals surface area contributed by atoms with Crippen LogP contribution in [-0.2, 0) is 17.9 Å². The summed E-state index contributed by atoms with van der Waals surface area (Å²) in [7, 11) is 1.82. The van der Waals surface area contributed by atoms with Gasteiger partial charge in [0, 0.05) is 30.7 Å². The molecule has 0 aliphatic heterocycles. The Bertz CT molecular complexity index is 983. The number of carbonyl (C=O) groups is 1. The molecule has 1 amide bonds. The lowest BCUT2D eigenvalue weighted by Crippen LogP contribution is -2.27. The smallest absolute Gasteiger partial charge is 0.233 e. The Morgan fingerprint density at radius 1 is 1.17 bits per heavy atom. The molecule has 1 aromatic heterocycles.